The highest BCUT2D eigenvalue weighted by molar-refractivity contribution is 5.83. The Morgan fingerprint density at radius 1 is 1.22 bits per heavy atom. The molecule has 1 amide bonds. The van der Waals surface area contributed by atoms with Crippen LogP contribution in [0.25, 0.3) is 0 Å². The van der Waals surface area contributed by atoms with Crippen molar-refractivity contribution in [2.24, 2.45) is 5.92 Å². The second-order valence-corrected chi connectivity index (χ2v) is 6.59. The van der Waals surface area contributed by atoms with Gasteiger partial charge in [0.2, 0.25) is 5.91 Å². The van der Waals surface area contributed by atoms with E-state index < -0.39 is 17.4 Å². The van der Waals surface area contributed by atoms with Gasteiger partial charge >= 0.3 is 0 Å². The quantitative estimate of drug-likeness (QED) is 0.839. The van der Waals surface area contributed by atoms with E-state index in [9.17, 15) is 13.6 Å². The number of rotatable bonds is 2. The normalized spacial score (nSPS) is 29.0. The minimum atomic E-state index is -0.856. The highest BCUT2D eigenvalue weighted by atomic mass is 19.2. The van der Waals surface area contributed by atoms with Crippen molar-refractivity contribution in [2.75, 3.05) is 26.3 Å². The third-order valence-electron chi connectivity index (χ3n) is 5.02. The van der Waals surface area contributed by atoms with E-state index in [2.05, 4.69) is 0 Å². The maximum atomic E-state index is 13.3. The van der Waals surface area contributed by atoms with E-state index in [1.165, 1.54) is 6.07 Å². The first-order valence-electron chi connectivity index (χ1n) is 8.10. The van der Waals surface area contributed by atoms with Crippen molar-refractivity contribution in [1.82, 2.24) is 4.90 Å². The first-order valence-corrected chi connectivity index (χ1v) is 8.10. The fourth-order valence-electron chi connectivity index (χ4n) is 3.72. The van der Waals surface area contributed by atoms with Crippen LogP contribution in [0.15, 0.2) is 18.2 Å². The van der Waals surface area contributed by atoms with Gasteiger partial charge in [-0.2, -0.15) is 0 Å². The molecule has 1 spiro atoms. The van der Waals surface area contributed by atoms with Crippen molar-refractivity contribution in [3.8, 4) is 0 Å². The zero-order valence-corrected chi connectivity index (χ0v) is 12.8. The maximum Gasteiger partial charge on any atom is 0.226 e. The van der Waals surface area contributed by atoms with Crippen LogP contribution in [-0.4, -0.2) is 42.9 Å². The molecule has 2 atom stereocenters. The highest BCUT2D eigenvalue weighted by Crippen LogP contribution is 2.49. The molecule has 2 heterocycles. The van der Waals surface area contributed by atoms with Crippen LogP contribution in [0.4, 0.5) is 8.78 Å². The molecule has 2 aliphatic heterocycles. The molecule has 3 aliphatic rings. The van der Waals surface area contributed by atoms with Gasteiger partial charge in [-0.05, 0) is 36.5 Å². The number of ether oxygens (including phenoxy) is 2. The summed E-state index contributed by atoms with van der Waals surface area (Å²) in [5.41, 5.74) is 0.697. The maximum absolute atomic E-state index is 13.3. The van der Waals surface area contributed by atoms with Gasteiger partial charge in [0.15, 0.2) is 17.4 Å². The van der Waals surface area contributed by atoms with Gasteiger partial charge in [0.1, 0.15) is 0 Å². The summed E-state index contributed by atoms with van der Waals surface area (Å²) in [4.78, 5) is 14.5. The summed E-state index contributed by atoms with van der Waals surface area (Å²) in [5.74, 6) is -2.42. The van der Waals surface area contributed by atoms with Gasteiger partial charge in [-0.1, -0.05) is 6.07 Å². The minimum absolute atomic E-state index is 0.0131. The van der Waals surface area contributed by atoms with Gasteiger partial charge in [0.25, 0.3) is 0 Å². The van der Waals surface area contributed by atoms with Crippen LogP contribution < -0.4 is 0 Å². The summed E-state index contributed by atoms with van der Waals surface area (Å²) in [6.45, 7) is 2.31. The summed E-state index contributed by atoms with van der Waals surface area (Å²) in [6.07, 6.45) is 2.36. The smallest absolute Gasteiger partial charge is 0.226 e. The molecule has 2 saturated heterocycles. The van der Waals surface area contributed by atoms with Gasteiger partial charge in [-0.3, -0.25) is 4.79 Å². The van der Waals surface area contributed by atoms with E-state index in [4.69, 9.17) is 9.47 Å². The molecule has 1 aliphatic carbocycles. The predicted molar refractivity (Wildman–Crippen MR) is 77.7 cm³/mol. The summed E-state index contributed by atoms with van der Waals surface area (Å²) in [6, 6.07) is 3.89. The molecule has 3 fully saturated rings. The van der Waals surface area contributed by atoms with Gasteiger partial charge in [-0.25, -0.2) is 8.78 Å². The molecule has 4 rings (SSSR count). The lowest BCUT2D eigenvalue weighted by Crippen LogP contribution is -2.51. The molecule has 0 radical (unpaired) electrons. The van der Waals surface area contributed by atoms with Gasteiger partial charge < -0.3 is 14.4 Å². The summed E-state index contributed by atoms with van der Waals surface area (Å²) in [5, 5.41) is 0. The first-order chi connectivity index (χ1) is 11.1. The lowest BCUT2D eigenvalue weighted by molar-refractivity contribution is -0.193. The van der Waals surface area contributed by atoms with Crippen LogP contribution in [0.2, 0.25) is 0 Å². The molecule has 124 valence electrons. The zero-order valence-electron chi connectivity index (χ0n) is 12.8. The molecule has 6 heteroatoms. The van der Waals surface area contributed by atoms with Crippen LogP contribution in [0.3, 0.4) is 0 Å². The number of amides is 1. The number of hydrogen-bond acceptors (Lipinski definition) is 3. The van der Waals surface area contributed by atoms with E-state index in [1.807, 2.05) is 0 Å². The Labute approximate surface area is 133 Å². The molecule has 1 aromatic carbocycles. The lowest BCUT2D eigenvalue weighted by Gasteiger charge is -2.38. The SMILES string of the molecule is O=C(C1CC1c1ccc(F)c(F)c1)N1CCCC2(C1)OCCO2. The molecule has 4 nitrogen and oxygen atoms in total. The topological polar surface area (TPSA) is 38.8 Å². The van der Waals surface area contributed by atoms with E-state index in [0.29, 0.717) is 38.3 Å². The standard InChI is InChI=1S/C17H19F2NO3/c18-14-3-2-11(8-15(14)19)12-9-13(12)16(21)20-5-1-4-17(10-20)22-6-7-23-17/h2-3,8,12-13H,1,4-7,9-10H2. The number of hydrogen-bond donors (Lipinski definition) is 0. The van der Waals surface area contributed by atoms with E-state index in [-0.39, 0.29) is 17.7 Å². The second kappa shape index (κ2) is 5.53. The number of carbonyl (C=O) groups excluding carboxylic acids is 1. The van der Waals surface area contributed by atoms with Crippen LogP contribution >= 0.6 is 0 Å². The van der Waals surface area contributed by atoms with E-state index in [0.717, 1.165) is 18.9 Å². The average molecular weight is 323 g/mol. The number of carbonyl (C=O) groups is 1. The van der Waals surface area contributed by atoms with Gasteiger partial charge in [0.05, 0.1) is 19.8 Å². The van der Waals surface area contributed by atoms with Crippen molar-refractivity contribution in [2.45, 2.75) is 31.0 Å². The number of nitrogens with zero attached hydrogens (tertiary/aromatic N) is 1. The van der Waals surface area contributed by atoms with Crippen LogP contribution in [0, 0.1) is 17.6 Å². The molecule has 0 bridgehead atoms. The Morgan fingerprint density at radius 3 is 2.74 bits per heavy atom. The summed E-state index contributed by atoms with van der Waals surface area (Å²) < 4.78 is 37.8. The third-order valence-corrected chi connectivity index (χ3v) is 5.02. The number of likely N-dealkylation sites (tertiary alicyclic amines) is 1. The van der Waals surface area contributed by atoms with Crippen molar-refractivity contribution in [3.63, 3.8) is 0 Å². The zero-order chi connectivity index (χ0) is 16.0. The molecule has 23 heavy (non-hydrogen) atoms. The van der Waals surface area contributed by atoms with Crippen LogP contribution in [0.5, 0.6) is 0 Å². The molecule has 0 N–H and O–H groups in total. The fraction of sp³-hybridized carbons (Fsp3) is 0.588. The average Bonchev–Trinajstić information content (AvgIpc) is 3.24. The summed E-state index contributed by atoms with van der Waals surface area (Å²) in [7, 11) is 0. The van der Waals surface area contributed by atoms with E-state index in [1.54, 1.807) is 11.0 Å². The minimum Gasteiger partial charge on any atom is -0.346 e. The molecule has 0 aromatic heterocycles. The van der Waals surface area contributed by atoms with E-state index >= 15 is 0 Å². The van der Waals surface area contributed by atoms with Gasteiger partial charge in [0, 0.05) is 18.9 Å². The van der Waals surface area contributed by atoms with Crippen molar-refractivity contribution < 1.29 is 23.0 Å². The van der Waals surface area contributed by atoms with Gasteiger partial charge in [-0.15, -0.1) is 0 Å². The Hall–Kier alpha value is -1.53. The Balaban J connectivity index is 1.43. The lowest BCUT2D eigenvalue weighted by atomic mass is 10.0. The van der Waals surface area contributed by atoms with Crippen molar-refractivity contribution in [3.05, 3.63) is 35.4 Å². The fourth-order valence-corrected chi connectivity index (χ4v) is 3.72. The third kappa shape index (κ3) is 2.74. The Kier molecular flexibility index (Phi) is 3.61. The largest absolute Gasteiger partial charge is 0.346 e. The Bertz CT molecular complexity index is 630. The highest BCUT2D eigenvalue weighted by Gasteiger charge is 2.49. The monoisotopic (exact) mass is 323 g/mol. The Morgan fingerprint density at radius 2 is 2.00 bits per heavy atom. The summed E-state index contributed by atoms with van der Waals surface area (Å²) >= 11 is 0. The van der Waals surface area contributed by atoms with Crippen LogP contribution in [0.1, 0.15) is 30.7 Å². The molecule has 1 aromatic rings. The first kappa shape index (κ1) is 15.0. The van der Waals surface area contributed by atoms with Crippen LogP contribution in [-0.2, 0) is 14.3 Å². The number of halogens is 2. The predicted octanol–water partition coefficient (Wildman–Crippen LogP) is 2.43. The number of benzene rings is 1. The van der Waals surface area contributed by atoms with Crippen molar-refractivity contribution in [1.29, 1.82) is 0 Å². The second-order valence-electron chi connectivity index (χ2n) is 6.59. The molecular formula is C17H19F2NO3. The molecule has 2 unspecified atom stereocenters. The number of piperidine rings is 1. The molecule has 1 saturated carbocycles. The van der Waals surface area contributed by atoms with Crippen molar-refractivity contribution >= 4 is 5.91 Å². The molecular weight excluding hydrogens is 304 g/mol.